The zero-order valence-corrected chi connectivity index (χ0v) is 12.2. The van der Waals surface area contributed by atoms with Crippen molar-refractivity contribution in [1.29, 1.82) is 0 Å². The maximum absolute atomic E-state index is 13.6. The third-order valence-electron chi connectivity index (χ3n) is 2.33. The average molecular weight is 342 g/mol. The van der Waals surface area contributed by atoms with Crippen LogP contribution in [0.25, 0.3) is 0 Å². The van der Waals surface area contributed by atoms with Crippen molar-refractivity contribution in [3.63, 3.8) is 0 Å². The monoisotopic (exact) mass is 341 g/mol. The Morgan fingerprint density at radius 3 is 2.45 bits per heavy atom. The molecule has 0 radical (unpaired) electrons. The predicted octanol–water partition coefficient (Wildman–Crippen LogP) is 2.81. The molecule has 0 aliphatic rings. The molecule has 0 aliphatic heterocycles. The molecule has 0 saturated carbocycles. The van der Waals surface area contributed by atoms with Crippen LogP contribution >= 0.6 is 23.2 Å². The smallest absolute Gasteiger partial charge is 0.282 e. The fourth-order valence-corrected chi connectivity index (χ4v) is 3.22. The number of imidazole rings is 1. The van der Waals surface area contributed by atoms with Gasteiger partial charge in [0, 0.05) is 13.1 Å². The fourth-order valence-electron chi connectivity index (χ4n) is 1.40. The molecule has 108 valence electrons. The van der Waals surface area contributed by atoms with E-state index in [4.69, 9.17) is 23.2 Å². The van der Waals surface area contributed by atoms with E-state index in [-0.39, 0.29) is 5.15 Å². The maximum Gasteiger partial charge on any atom is 0.282 e. The summed E-state index contributed by atoms with van der Waals surface area (Å²) in [5, 5.41) is -1.06. The molecule has 5 nitrogen and oxygen atoms in total. The molecule has 10 heteroatoms. The molecule has 1 N–H and O–H groups in total. The molecule has 0 saturated heterocycles. The molecule has 1 aromatic carbocycles. The van der Waals surface area contributed by atoms with Crippen molar-refractivity contribution < 1.29 is 17.2 Å². The SMILES string of the molecule is Cn1cnc(S(=O)(=O)Nc2c(F)cc(F)cc2Cl)c1Cl. The lowest BCUT2D eigenvalue weighted by Gasteiger charge is -2.09. The number of rotatable bonds is 3. The molecule has 1 aromatic heterocycles. The summed E-state index contributed by atoms with van der Waals surface area (Å²) in [6.07, 6.45) is 1.18. The van der Waals surface area contributed by atoms with E-state index in [9.17, 15) is 17.2 Å². The molecule has 0 fully saturated rings. The third-order valence-corrected chi connectivity index (χ3v) is 4.47. The average Bonchev–Trinajstić information content (AvgIpc) is 2.65. The highest BCUT2D eigenvalue weighted by Crippen LogP contribution is 2.29. The number of hydrogen-bond donors (Lipinski definition) is 1. The molecule has 0 spiro atoms. The first-order chi connectivity index (χ1) is 9.22. The number of anilines is 1. The number of hydrogen-bond acceptors (Lipinski definition) is 3. The molecule has 0 aliphatic carbocycles. The van der Waals surface area contributed by atoms with Gasteiger partial charge >= 0.3 is 0 Å². The van der Waals surface area contributed by atoms with Gasteiger partial charge in [0.1, 0.15) is 16.7 Å². The highest BCUT2D eigenvalue weighted by Gasteiger charge is 2.25. The summed E-state index contributed by atoms with van der Waals surface area (Å²) in [4.78, 5) is 3.60. The van der Waals surface area contributed by atoms with Crippen LogP contribution in [0.3, 0.4) is 0 Å². The zero-order valence-electron chi connectivity index (χ0n) is 9.86. The number of nitrogens with zero attached hydrogens (tertiary/aromatic N) is 2. The van der Waals surface area contributed by atoms with Gasteiger partial charge in [-0.15, -0.1) is 0 Å². The minimum absolute atomic E-state index is 0.156. The number of aromatic nitrogens is 2. The molecule has 0 amide bonds. The Morgan fingerprint density at radius 1 is 1.30 bits per heavy atom. The largest absolute Gasteiger partial charge is 0.324 e. The van der Waals surface area contributed by atoms with Crippen molar-refractivity contribution in [2.45, 2.75) is 5.03 Å². The predicted molar refractivity (Wildman–Crippen MR) is 70.4 cm³/mol. The van der Waals surface area contributed by atoms with Crippen molar-refractivity contribution in [3.05, 3.63) is 40.3 Å². The topological polar surface area (TPSA) is 64.0 Å². The Balaban J connectivity index is 2.47. The number of nitrogens with one attached hydrogen (secondary N) is 1. The van der Waals surface area contributed by atoms with Crippen LogP contribution < -0.4 is 4.72 Å². The van der Waals surface area contributed by atoms with Crippen LogP contribution in [0, 0.1) is 11.6 Å². The Hall–Kier alpha value is -1.38. The van der Waals surface area contributed by atoms with Crippen LogP contribution in [-0.4, -0.2) is 18.0 Å². The molecular weight excluding hydrogens is 335 g/mol. The Morgan fingerprint density at radius 2 is 1.95 bits per heavy atom. The van der Waals surface area contributed by atoms with Gasteiger partial charge in [-0.1, -0.05) is 23.2 Å². The molecule has 2 aromatic rings. The fraction of sp³-hybridized carbons (Fsp3) is 0.100. The summed E-state index contributed by atoms with van der Waals surface area (Å²) in [5.74, 6) is -2.07. The van der Waals surface area contributed by atoms with E-state index in [0.717, 1.165) is 6.07 Å². The second-order valence-corrected chi connectivity index (χ2v) is 6.16. The van der Waals surface area contributed by atoms with Gasteiger partial charge in [0.05, 0.1) is 11.3 Å². The van der Waals surface area contributed by atoms with Gasteiger partial charge in [0.15, 0.2) is 5.82 Å². The highest BCUT2D eigenvalue weighted by molar-refractivity contribution is 7.92. The minimum Gasteiger partial charge on any atom is -0.324 e. The molecule has 1 heterocycles. The normalized spacial score (nSPS) is 11.7. The summed E-state index contributed by atoms with van der Waals surface area (Å²) >= 11 is 11.4. The Kier molecular flexibility index (Phi) is 3.90. The first-order valence-electron chi connectivity index (χ1n) is 5.06. The van der Waals surface area contributed by atoms with Crippen LogP contribution in [0.1, 0.15) is 0 Å². The summed E-state index contributed by atoms with van der Waals surface area (Å²) in [6, 6.07) is 1.28. The molecular formula is C10H7Cl2F2N3O2S. The second kappa shape index (κ2) is 5.19. The maximum atomic E-state index is 13.6. The number of halogens is 4. The minimum atomic E-state index is -4.24. The van der Waals surface area contributed by atoms with E-state index >= 15 is 0 Å². The van der Waals surface area contributed by atoms with Gasteiger partial charge in [-0.05, 0) is 6.07 Å². The molecule has 2 rings (SSSR count). The lowest BCUT2D eigenvalue weighted by Crippen LogP contribution is -2.15. The van der Waals surface area contributed by atoms with Crippen molar-refractivity contribution in [2.24, 2.45) is 7.05 Å². The summed E-state index contributed by atoms with van der Waals surface area (Å²) in [5.41, 5.74) is -0.574. The van der Waals surface area contributed by atoms with E-state index in [1.807, 2.05) is 4.72 Å². The van der Waals surface area contributed by atoms with Crippen LogP contribution in [0.2, 0.25) is 10.2 Å². The van der Waals surface area contributed by atoms with Crippen LogP contribution in [0.4, 0.5) is 14.5 Å². The molecule has 0 atom stereocenters. The molecule has 0 unspecified atom stereocenters. The van der Waals surface area contributed by atoms with Crippen molar-refractivity contribution >= 4 is 38.9 Å². The van der Waals surface area contributed by atoms with E-state index in [1.165, 1.54) is 17.9 Å². The number of aryl methyl sites for hydroxylation is 1. The molecule has 0 bridgehead atoms. The van der Waals surface area contributed by atoms with Gasteiger partial charge in [-0.3, -0.25) is 4.72 Å². The van der Waals surface area contributed by atoms with Crippen molar-refractivity contribution in [3.8, 4) is 0 Å². The first kappa shape index (κ1) is 15.0. The van der Waals surface area contributed by atoms with Crippen LogP contribution in [-0.2, 0) is 17.1 Å². The van der Waals surface area contributed by atoms with E-state index in [0.29, 0.717) is 6.07 Å². The van der Waals surface area contributed by atoms with E-state index < -0.39 is 37.4 Å². The third kappa shape index (κ3) is 2.72. The Labute approximate surface area is 123 Å². The summed E-state index contributed by atoms with van der Waals surface area (Å²) in [7, 11) is -2.76. The van der Waals surface area contributed by atoms with Gasteiger partial charge < -0.3 is 4.57 Å². The summed E-state index contributed by atoms with van der Waals surface area (Å²) < 4.78 is 53.7. The van der Waals surface area contributed by atoms with Crippen molar-refractivity contribution in [1.82, 2.24) is 9.55 Å². The van der Waals surface area contributed by atoms with Crippen molar-refractivity contribution in [2.75, 3.05) is 4.72 Å². The van der Waals surface area contributed by atoms with E-state index in [2.05, 4.69) is 4.98 Å². The lowest BCUT2D eigenvalue weighted by molar-refractivity contribution is 0.582. The van der Waals surface area contributed by atoms with E-state index in [1.54, 1.807) is 0 Å². The quantitative estimate of drug-likeness (QED) is 0.933. The summed E-state index contributed by atoms with van der Waals surface area (Å²) in [6.45, 7) is 0. The zero-order chi connectivity index (χ0) is 15.1. The van der Waals surface area contributed by atoms with Gasteiger partial charge in [-0.2, -0.15) is 8.42 Å². The Bertz CT molecular complexity index is 754. The van der Waals surface area contributed by atoms with Gasteiger partial charge in [0.25, 0.3) is 10.0 Å². The standard InChI is InChI=1S/C10H7Cl2F2N3O2S/c1-17-4-15-10(9(17)12)20(18,19)16-8-6(11)2-5(13)3-7(8)14/h2-4,16H,1H3. The van der Waals surface area contributed by atoms with Crippen LogP contribution in [0.5, 0.6) is 0 Å². The number of sulfonamides is 1. The highest BCUT2D eigenvalue weighted by atomic mass is 35.5. The lowest BCUT2D eigenvalue weighted by atomic mass is 10.3. The molecule has 20 heavy (non-hydrogen) atoms. The second-order valence-electron chi connectivity index (χ2n) is 3.80. The van der Waals surface area contributed by atoms with Gasteiger partial charge in [0.2, 0.25) is 5.03 Å². The number of benzene rings is 1. The first-order valence-corrected chi connectivity index (χ1v) is 7.30. The van der Waals surface area contributed by atoms with Crippen LogP contribution in [0.15, 0.2) is 23.5 Å². The van der Waals surface area contributed by atoms with Gasteiger partial charge in [-0.25, -0.2) is 13.8 Å².